The van der Waals surface area contributed by atoms with Crippen LogP contribution < -0.4 is 15.5 Å². The standard InChI is InChI=1S/C28H21ClFN3O2/c1-17-14-20(32-27(34)22-12-10-19(30)15-23(22)29)11-13-21(17)28(35)33-25-8-4-2-6-18(25)16-31-24-7-3-5-9-26(24)33/h2-15,31H,16H2,1H3,(H,32,34). The Labute approximate surface area is 207 Å². The summed E-state index contributed by atoms with van der Waals surface area (Å²) in [5, 5.41) is 6.20. The lowest BCUT2D eigenvalue weighted by Gasteiger charge is -2.25. The summed E-state index contributed by atoms with van der Waals surface area (Å²) in [5.41, 5.74) is 5.34. The van der Waals surface area contributed by atoms with Gasteiger partial charge < -0.3 is 10.6 Å². The first-order valence-electron chi connectivity index (χ1n) is 11.0. The largest absolute Gasteiger partial charge is 0.379 e. The first kappa shape index (κ1) is 22.6. The van der Waals surface area contributed by atoms with E-state index in [1.807, 2.05) is 55.5 Å². The van der Waals surface area contributed by atoms with E-state index in [0.717, 1.165) is 28.7 Å². The van der Waals surface area contributed by atoms with Gasteiger partial charge in [0.15, 0.2) is 0 Å². The van der Waals surface area contributed by atoms with Gasteiger partial charge in [-0.05, 0) is 72.6 Å². The number of rotatable bonds is 3. The summed E-state index contributed by atoms with van der Waals surface area (Å²) < 4.78 is 13.3. The van der Waals surface area contributed by atoms with Crippen LogP contribution in [0.5, 0.6) is 0 Å². The zero-order valence-electron chi connectivity index (χ0n) is 18.8. The molecule has 4 aromatic carbocycles. The Kier molecular flexibility index (Phi) is 5.97. The molecule has 5 rings (SSSR count). The van der Waals surface area contributed by atoms with E-state index in [9.17, 15) is 14.0 Å². The second-order valence-electron chi connectivity index (χ2n) is 8.25. The van der Waals surface area contributed by atoms with E-state index in [4.69, 9.17) is 11.6 Å². The molecular formula is C28H21ClFN3O2. The zero-order chi connectivity index (χ0) is 24.5. The number of aryl methyl sites for hydroxylation is 1. The predicted molar refractivity (Wildman–Crippen MR) is 137 cm³/mol. The minimum absolute atomic E-state index is 0.0260. The number of fused-ring (bicyclic) bond motifs is 2. The van der Waals surface area contributed by atoms with Gasteiger partial charge in [0.25, 0.3) is 11.8 Å². The molecule has 0 unspecified atom stereocenters. The van der Waals surface area contributed by atoms with E-state index in [0.29, 0.717) is 23.4 Å². The number of carbonyl (C=O) groups excluding carboxylic acids is 2. The fourth-order valence-electron chi connectivity index (χ4n) is 4.21. The zero-order valence-corrected chi connectivity index (χ0v) is 19.6. The number of halogens is 2. The molecule has 0 saturated carbocycles. The van der Waals surface area contributed by atoms with Crippen molar-refractivity contribution in [2.24, 2.45) is 0 Å². The van der Waals surface area contributed by atoms with Crippen LogP contribution in [-0.2, 0) is 6.54 Å². The van der Waals surface area contributed by atoms with E-state index in [2.05, 4.69) is 10.6 Å². The van der Waals surface area contributed by atoms with E-state index in [1.54, 1.807) is 23.1 Å². The Bertz CT molecular complexity index is 1420. The lowest BCUT2D eigenvalue weighted by molar-refractivity contribution is 0.0997. The maximum absolute atomic E-state index is 13.9. The first-order chi connectivity index (χ1) is 16.9. The van der Waals surface area contributed by atoms with E-state index < -0.39 is 11.7 Å². The fraction of sp³-hybridized carbons (Fsp3) is 0.0714. The van der Waals surface area contributed by atoms with Crippen LogP contribution in [0, 0.1) is 12.7 Å². The van der Waals surface area contributed by atoms with Crippen LogP contribution in [0.2, 0.25) is 5.02 Å². The summed E-state index contributed by atoms with van der Waals surface area (Å²) in [6.45, 7) is 2.43. The van der Waals surface area contributed by atoms with Crippen molar-refractivity contribution in [3.8, 4) is 0 Å². The summed E-state index contributed by atoms with van der Waals surface area (Å²) in [6, 6.07) is 24.2. The molecule has 0 fully saturated rings. The van der Waals surface area contributed by atoms with E-state index in [1.165, 1.54) is 12.1 Å². The molecule has 0 atom stereocenters. The molecule has 1 aliphatic heterocycles. The minimum Gasteiger partial charge on any atom is -0.379 e. The van der Waals surface area contributed by atoms with Gasteiger partial charge in [-0.25, -0.2) is 4.39 Å². The van der Waals surface area contributed by atoms with Gasteiger partial charge in [0.05, 0.1) is 27.6 Å². The quantitative estimate of drug-likeness (QED) is 0.330. The SMILES string of the molecule is Cc1cc(NC(=O)c2ccc(F)cc2Cl)ccc1C(=O)N1c2ccccc2CNc2ccccc21. The molecule has 0 radical (unpaired) electrons. The highest BCUT2D eigenvalue weighted by Gasteiger charge is 2.27. The van der Waals surface area contributed by atoms with Crippen molar-refractivity contribution in [2.45, 2.75) is 13.5 Å². The Balaban J connectivity index is 1.48. The Morgan fingerprint density at radius 3 is 2.40 bits per heavy atom. The Morgan fingerprint density at radius 2 is 1.63 bits per heavy atom. The molecule has 2 N–H and O–H groups in total. The number of para-hydroxylation sites is 3. The van der Waals surface area contributed by atoms with Crippen molar-refractivity contribution in [1.82, 2.24) is 0 Å². The summed E-state index contributed by atoms with van der Waals surface area (Å²) in [6.07, 6.45) is 0. The molecule has 0 saturated heterocycles. The molecule has 1 heterocycles. The van der Waals surface area contributed by atoms with Crippen molar-refractivity contribution in [3.63, 3.8) is 0 Å². The maximum atomic E-state index is 13.9. The Hall–Kier alpha value is -4.16. The third-order valence-corrected chi connectivity index (χ3v) is 6.25. The maximum Gasteiger partial charge on any atom is 0.263 e. The second-order valence-corrected chi connectivity index (χ2v) is 8.66. The van der Waals surface area contributed by atoms with Crippen LogP contribution in [0.4, 0.5) is 27.1 Å². The number of hydrogen-bond donors (Lipinski definition) is 2. The first-order valence-corrected chi connectivity index (χ1v) is 11.4. The molecule has 7 heteroatoms. The van der Waals surface area contributed by atoms with Gasteiger partial charge in [-0.2, -0.15) is 0 Å². The summed E-state index contributed by atoms with van der Waals surface area (Å²) in [4.78, 5) is 28.3. The third-order valence-electron chi connectivity index (χ3n) is 5.94. The highest BCUT2D eigenvalue weighted by atomic mass is 35.5. The van der Waals surface area contributed by atoms with E-state index >= 15 is 0 Å². The second kappa shape index (κ2) is 9.24. The molecule has 1 aliphatic rings. The van der Waals surface area contributed by atoms with Crippen molar-refractivity contribution >= 4 is 46.2 Å². The highest BCUT2D eigenvalue weighted by molar-refractivity contribution is 6.34. The number of nitrogens with zero attached hydrogens (tertiary/aromatic N) is 1. The van der Waals surface area contributed by atoms with Crippen LogP contribution in [-0.4, -0.2) is 11.8 Å². The van der Waals surface area contributed by atoms with Crippen LogP contribution in [0.25, 0.3) is 0 Å². The Morgan fingerprint density at radius 1 is 0.914 bits per heavy atom. The number of anilines is 4. The van der Waals surface area contributed by atoms with Crippen molar-refractivity contribution < 1.29 is 14.0 Å². The van der Waals surface area contributed by atoms with Crippen LogP contribution >= 0.6 is 11.6 Å². The van der Waals surface area contributed by atoms with Crippen molar-refractivity contribution in [1.29, 1.82) is 0 Å². The average molecular weight is 486 g/mol. The molecular weight excluding hydrogens is 465 g/mol. The monoisotopic (exact) mass is 485 g/mol. The average Bonchev–Trinajstić information content (AvgIpc) is 3.00. The van der Waals surface area contributed by atoms with Gasteiger partial charge >= 0.3 is 0 Å². The molecule has 5 nitrogen and oxygen atoms in total. The molecule has 174 valence electrons. The van der Waals surface area contributed by atoms with Crippen molar-refractivity contribution in [3.05, 3.63) is 118 Å². The molecule has 0 aromatic heterocycles. The van der Waals surface area contributed by atoms with E-state index in [-0.39, 0.29) is 16.5 Å². The third kappa shape index (κ3) is 4.36. The molecule has 4 aromatic rings. The minimum atomic E-state index is -0.517. The lowest BCUT2D eigenvalue weighted by atomic mass is 10.0. The lowest BCUT2D eigenvalue weighted by Crippen LogP contribution is -2.27. The summed E-state index contributed by atoms with van der Waals surface area (Å²) >= 11 is 6.01. The molecule has 0 bridgehead atoms. The number of amides is 2. The number of benzene rings is 4. The van der Waals surface area contributed by atoms with Crippen molar-refractivity contribution in [2.75, 3.05) is 15.5 Å². The number of hydrogen-bond acceptors (Lipinski definition) is 3. The van der Waals surface area contributed by atoms with Crippen LogP contribution in [0.1, 0.15) is 31.8 Å². The number of carbonyl (C=O) groups is 2. The smallest absolute Gasteiger partial charge is 0.263 e. The fourth-order valence-corrected chi connectivity index (χ4v) is 4.46. The normalized spacial score (nSPS) is 12.1. The number of nitrogens with one attached hydrogen (secondary N) is 2. The van der Waals surface area contributed by atoms with Gasteiger partial charge in [-0.1, -0.05) is 41.9 Å². The van der Waals surface area contributed by atoms with Gasteiger partial charge in [-0.3, -0.25) is 14.5 Å². The highest BCUT2D eigenvalue weighted by Crippen LogP contribution is 2.39. The molecule has 35 heavy (non-hydrogen) atoms. The molecule has 0 spiro atoms. The molecule has 2 amide bonds. The van der Waals surface area contributed by atoms with Gasteiger partial charge in [0.1, 0.15) is 5.82 Å². The topological polar surface area (TPSA) is 61.4 Å². The van der Waals surface area contributed by atoms with Gasteiger partial charge in [-0.15, -0.1) is 0 Å². The van der Waals surface area contributed by atoms with Crippen LogP contribution in [0.3, 0.4) is 0 Å². The predicted octanol–water partition coefficient (Wildman–Crippen LogP) is 6.94. The van der Waals surface area contributed by atoms with Gasteiger partial charge in [0.2, 0.25) is 0 Å². The summed E-state index contributed by atoms with van der Waals surface area (Å²) in [7, 11) is 0. The van der Waals surface area contributed by atoms with Crippen LogP contribution in [0.15, 0.2) is 84.9 Å². The summed E-state index contributed by atoms with van der Waals surface area (Å²) in [5.74, 6) is -1.16. The van der Waals surface area contributed by atoms with Gasteiger partial charge in [0, 0.05) is 17.8 Å². The molecule has 0 aliphatic carbocycles.